The third-order valence-corrected chi connectivity index (χ3v) is 3.89. The summed E-state index contributed by atoms with van der Waals surface area (Å²) in [5.74, 6) is 0.860. The van der Waals surface area contributed by atoms with Crippen molar-refractivity contribution >= 4 is 23.2 Å². The molecule has 1 fully saturated rings. The molecule has 1 atom stereocenters. The maximum Gasteiger partial charge on any atom is 0.135 e. The molecule has 1 aliphatic rings. The molecule has 0 bridgehead atoms. The van der Waals surface area contributed by atoms with Crippen LogP contribution in [0.5, 0.6) is 0 Å². The van der Waals surface area contributed by atoms with Crippen LogP contribution < -0.4 is 0 Å². The standard InChI is InChI=1S/C13H18Cl2N2/c1-2-3-10-6-7-17(8-10)9-11-4-5-12(14)16-13(11)15/h4-5,10H,2-3,6-9H2,1H3. The fourth-order valence-electron chi connectivity index (χ4n) is 2.50. The summed E-state index contributed by atoms with van der Waals surface area (Å²) in [5.41, 5.74) is 1.08. The SMILES string of the molecule is CCCC1CCN(Cc2ccc(Cl)nc2Cl)C1. The van der Waals surface area contributed by atoms with Crippen LogP contribution in [0.15, 0.2) is 12.1 Å². The van der Waals surface area contributed by atoms with E-state index in [9.17, 15) is 0 Å². The number of hydrogen-bond acceptors (Lipinski definition) is 2. The van der Waals surface area contributed by atoms with E-state index in [1.807, 2.05) is 12.1 Å². The van der Waals surface area contributed by atoms with Crippen molar-refractivity contribution in [1.82, 2.24) is 9.88 Å². The molecule has 0 aromatic carbocycles. The van der Waals surface area contributed by atoms with Crippen molar-refractivity contribution in [2.75, 3.05) is 13.1 Å². The molecule has 2 rings (SSSR count). The lowest BCUT2D eigenvalue weighted by molar-refractivity contribution is 0.312. The molecular formula is C13H18Cl2N2. The first-order valence-electron chi connectivity index (χ1n) is 6.22. The molecule has 1 aromatic rings. The van der Waals surface area contributed by atoms with Crippen LogP contribution in [0.25, 0.3) is 0 Å². The molecule has 0 amide bonds. The van der Waals surface area contributed by atoms with Crippen molar-refractivity contribution in [3.8, 4) is 0 Å². The van der Waals surface area contributed by atoms with Gasteiger partial charge in [0.15, 0.2) is 0 Å². The maximum absolute atomic E-state index is 6.08. The molecule has 2 heterocycles. The molecule has 0 spiro atoms. The van der Waals surface area contributed by atoms with Crippen LogP contribution in [-0.2, 0) is 6.54 Å². The first-order chi connectivity index (χ1) is 8.19. The van der Waals surface area contributed by atoms with Crippen LogP contribution >= 0.6 is 23.2 Å². The molecule has 1 aromatic heterocycles. The Balaban J connectivity index is 1.93. The van der Waals surface area contributed by atoms with E-state index in [-0.39, 0.29) is 0 Å². The van der Waals surface area contributed by atoms with E-state index in [4.69, 9.17) is 23.2 Å². The lowest BCUT2D eigenvalue weighted by Crippen LogP contribution is -2.20. The average molecular weight is 273 g/mol. The van der Waals surface area contributed by atoms with Gasteiger partial charge in [0.1, 0.15) is 10.3 Å². The summed E-state index contributed by atoms with van der Waals surface area (Å²) in [4.78, 5) is 6.53. The second-order valence-electron chi connectivity index (χ2n) is 4.76. The van der Waals surface area contributed by atoms with Crippen molar-refractivity contribution in [2.45, 2.75) is 32.7 Å². The number of hydrogen-bond donors (Lipinski definition) is 0. The zero-order valence-corrected chi connectivity index (χ0v) is 11.6. The second-order valence-corrected chi connectivity index (χ2v) is 5.51. The Kier molecular flexibility index (Phi) is 4.66. The highest BCUT2D eigenvalue weighted by Gasteiger charge is 2.22. The van der Waals surface area contributed by atoms with E-state index < -0.39 is 0 Å². The van der Waals surface area contributed by atoms with Crippen molar-refractivity contribution < 1.29 is 0 Å². The molecule has 17 heavy (non-hydrogen) atoms. The number of nitrogens with zero attached hydrogens (tertiary/aromatic N) is 2. The van der Waals surface area contributed by atoms with Gasteiger partial charge in [0.25, 0.3) is 0 Å². The minimum atomic E-state index is 0.462. The molecule has 1 aliphatic heterocycles. The molecule has 4 heteroatoms. The fraction of sp³-hybridized carbons (Fsp3) is 0.615. The van der Waals surface area contributed by atoms with E-state index in [0.29, 0.717) is 10.3 Å². The highest BCUT2D eigenvalue weighted by atomic mass is 35.5. The third-order valence-electron chi connectivity index (χ3n) is 3.35. The van der Waals surface area contributed by atoms with Gasteiger partial charge in [-0.2, -0.15) is 0 Å². The first kappa shape index (κ1) is 13.1. The smallest absolute Gasteiger partial charge is 0.135 e. The van der Waals surface area contributed by atoms with Crippen molar-refractivity contribution in [2.24, 2.45) is 5.92 Å². The van der Waals surface area contributed by atoms with Crippen LogP contribution in [0.2, 0.25) is 10.3 Å². The number of pyridine rings is 1. The number of rotatable bonds is 4. The first-order valence-corrected chi connectivity index (χ1v) is 6.98. The van der Waals surface area contributed by atoms with Gasteiger partial charge in [0, 0.05) is 18.7 Å². The summed E-state index contributed by atoms with van der Waals surface area (Å²) in [6.45, 7) is 5.50. The summed E-state index contributed by atoms with van der Waals surface area (Å²) in [7, 11) is 0. The summed E-state index contributed by atoms with van der Waals surface area (Å²) in [6, 6.07) is 3.78. The van der Waals surface area contributed by atoms with E-state index in [1.165, 1.54) is 32.4 Å². The number of likely N-dealkylation sites (tertiary alicyclic amines) is 1. The highest BCUT2D eigenvalue weighted by molar-refractivity contribution is 6.32. The molecule has 0 N–H and O–H groups in total. The summed E-state index contributed by atoms with van der Waals surface area (Å²) in [6.07, 6.45) is 3.93. The van der Waals surface area contributed by atoms with E-state index in [2.05, 4.69) is 16.8 Å². The van der Waals surface area contributed by atoms with Crippen LogP contribution in [0.1, 0.15) is 31.7 Å². The van der Waals surface area contributed by atoms with Gasteiger partial charge < -0.3 is 0 Å². The number of aromatic nitrogens is 1. The third kappa shape index (κ3) is 3.57. The van der Waals surface area contributed by atoms with Crippen molar-refractivity contribution in [1.29, 1.82) is 0 Å². The van der Waals surface area contributed by atoms with Crippen LogP contribution in [0.3, 0.4) is 0 Å². The molecule has 1 saturated heterocycles. The Morgan fingerprint density at radius 3 is 2.94 bits per heavy atom. The minimum Gasteiger partial charge on any atom is -0.299 e. The molecule has 0 aliphatic carbocycles. The fourth-order valence-corrected chi connectivity index (χ4v) is 2.90. The van der Waals surface area contributed by atoms with Crippen molar-refractivity contribution in [3.63, 3.8) is 0 Å². The molecule has 1 unspecified atom stereocenters. The number of halogens is 2. The zero-order valence-electron chi connectivity index (χ0n) is 10.1. The topological polar surface area (TPSA) is 16.1 Å². The van der Waals surface area contributed by atoms with Gasteiger partial charge in [-0.3, -0.25) is 4.90 Å². The van der Waals surface area contributed by atoms with Gasteiger partial charge in [0.2, 0.25) is 0 Å². The van der Waals surface area contributed by atoms with Gasteiger partial charge in [-0.15, -0.1) is 0 Å². The van der Waals surface area contributed by atoms with Gasteiger partial charge >= 0.3 is 0 Å². The monoisotopic (exact) mass is 272 g/mol. The van der Waals surface area contributed by atoms with E-state index >= 15 is 0 Å². The second kappa shape index (κ2) is 6.03. The molecule has 2 nitrogen and oxygen atoms in total. The predicted molar refractivity (Wildman–Crippen MR) is 72.5 cm³/mol. The maximum atomic E-state index is 6.08. The van der Waals surface area contributed by atoms with Gasteiger partial charge in [-0.1, -0.05) is 42.6 Å². The summed E-state index contributed by atoms with van der Waals surface area (Å²) >= 11 is 11.9. The molecular weight excluding hydrogens is 255 g/mol. The zero-order chi connectivity index (χ0) is 12.3. The Bertz CT molecular complexity index is 382. The normalized spacial score (nSPS) is 21.0. The van der Waals surface area contributed by atoms with Gasteiger partial charge in [-0.05, 0) is 31.4 Å². The highest BCUT2D eigenvalue weighted by Crippen LogP contribution is 2.24. The Hall–Kier alpha value is -0.310. The minimum absolute atomic E-state index is 0.462. The Morgan fingerprint density at radius 2 is 2.24 bits per heavy atom. The average Bonchev–Trinajstić information content (AvgIpc) is 2.71. The predicted octanol–water partition coefficient (Wildman–Crippen LogP) is 4.01. The van der Waals surface area contributed by atoms with Crippen LogP contribution in [-0.4, -0.2) is 23.0 Å². The summed E-state index contributed by atoms with van der Waals surface area (Å²) in [5, 5.41) is 1.00. The quantitative estimate of drug-likeness (QED) is 0.770. The van der Waals surface area contributed by atoms with Gasteiger partial charge in [0.05, 0.1) is 0 Å². The molecule has 0 saturated carbocycles. The largest absolute Gasteiger partial charge is 0.299 e. The Morgan fingerprint density at radius 1 is 1.41 bits per heavy atom. The van der Waals surface area contributed by atoms with Crippen molar-refractivity contribution in [3.05, 3.63) is 28.0 Å². The van der Waals surface area contributed by atoms with E-state index in [1.54, 1.807) is 0 Å². The summed E-state index contributed by atoms with van der Waals surface area (Å²) < 4.78 is 0. The lowest BCUT2D eigenvalue weighted by Gasteiger charge is -2.16. The Labute approximate surface area is 113 Å². The van der Waals surface area contributed by atoms with Gasteiger partial charge in [-0.25, -0.2) is 4.98 Å². The molecule has 94 valence electrons. The van der Waals surface area contributed by atoms with Crippen LogP contribution in [0.4, 0.5) is 0 Å². The lowest BCUT2D eigenvalue weighted by atomic mass is 10.0. The van der Waals surface area contributed by atoms with E-state index in [0.717, 1.165) is 18.0 Å². The molecule has 0 radical (unpaired) electrons. The van der Waals surface area contributed by atoms with Crippen LogP contribution in [0, 0.1) is 5.92 Å².